The number of benzene rings is 1. The van der Waals surface area contributed by atoms with Gasteiger partial charge in [-0.05, 0) is 40.7 Å². The topological polar surface area (TPSA) is 88.4 Å². The van der Waals surface area contributed by atoms with E-state index >= 15 is 0 Å². The molecule has 12 heteroatoms. The summed E-state index contributed by atoms with van der Waals surface area (Å²) in [5, 5.41) is 0. The van der Waals surface area contributed by atoms with Crippen LogP contribution < -0.4 is 4.74 Å². The molecule has 8 nitrogen and oxygen atoms in total. The lowest BCUT2D eigenvalue weighted by Crippen LogP contribution is -2.37. The van der Waals surface area contributed by atoms with Gasteiger partial charge in [0.1, 0.15) is 24.8 Å². The highest BCUT2D eigenvalue weighted by atomic mass is 28.3. The summed E-state index contributed by atoms with van der Waals surface area (Å²) in [6.07, 6.45) is -0.611. The molecule has 0 unspecified atom stereocenters. The number of hydrogen-bond acceptors (Lipinski definition) is 7. The van der Waals surface area contributed by atoms with Crippen molar-refractivity contribution >= 4 is 14.0 Å². The molecule has 2 heterocycles. The van der Waals surface area contributed by atoms with Crippen LogP contribution in [0.15, 0.2) is 42.9 Å². The number of carbonyl (C=O) groups excluding carboxylic acids is 1. The fourth-order valence-corrected chi connectivity index (χ4v) is 4.24. The zero-order valence-corrected chi connectivity index (χ0v) is 25.9. The Kier molecular flexibility index (Phi) is 9.69. The first-order chi connectivity index (χ1) is 18.8. The summed E-state index contributed by atoms with van der Waals surface area (Å²) in [4.78, 5) is 25.0. The van der Waals surface area contributed by atoms with Crippen LogP contribution in [0.5, 0.6) is 5.88 Å². The Bertz CT molecular complexity index is 1310. The predicted octanol–water partition coefficient (Wildman–Crippen LogP) is 7.08. The Labute approximate surface area is 240 Å². The van der Waals surface area contributed by atoms with Crippen molar-refractivity contribution in [3.05, 3.63) is 48.5 Å². The van der Waals surface area contributed by atoms with E-state index in [0.717, 1.165) is 12.2 Å². The molecule has 0 aliphatic carbocycles. The number of ether oxygens (including phenoxy) is 3. The van der Waals surface area contributed by atoms with E-state index in [4.69, 9.17) is 14.2 Å². The number of rotatable bonds is 11. The van der Waals surface area contributed by atoms with Crippen molar-refractivity contribution < 1.29 is 32.2 Å². The van der Waals surface area contributed by atoms with Crippen molar-refractivity contribution in [1.29, 1.82) is 0 Å². The van der Waals surface area contributed by atoms with E-state index < -0.39 is 31.0 Å². The summed E-state index contributed by atoms with van der Waals surface area (Å²) >= 11 is 0. The minimum absolute atomic E-state index is 0.0255. The van der Waals surface area contributed by atoms with Gasteiger partial charge in [-0.1, -0.05) is 43.9 Å². The average molecular weight is 593 g/mol. The maximum atomic E-state index is 13.4. The number of aromatic nitrogens is 4. The maximum Gasteiger partial charge on any atom is 0.434 e. The second kappa shape index (κ2) is 12.3. The molecule has 0 aliphatic rings. The third-order valence-corrected chi connectivity index (χ3v) is 7.60. The second-order valence-electron chi connectivity index (χ2n) is 12.8. The summed E-state index contributed by atoms with van der Waals surface area (Å²) in [5.74, 6) is 0.0351. The minimum Gasteiger partial charge on any atom is -0.475 e. The molecule has 0 aliphatic heterocycles. The first kappa shape index (κ1) is 32.3. The number of halogens is 3. The van der Waals surface area contributed by atoms with E-state index in [2.05, 4.69) is 34.6 Å². The first-order valence-electron chi connectivity index (χ1n) is 13.4. The van der Waals surface area contributed by atoms with Gasteiger partial charge in [-0.3, -0.25) is 4.79 Å². The van der Waals surface area contributed by atoms with Crippen LogP contribution in [0.25, 0.3) is 22.6 Å². The molecule has 0 spiro atoms. The molecular weight excluding hydrogens is 553 g/mol. The number of carbonyl (C=O) groups is 1. The van der Waals surface area contributed by atoms with E-state index in [0.29, 0.717) is 23.4 Å². The van der Waals surface area contributed by atoms with E-state index in [-0.39, 0.29) is 31.0 Å². The molecule has 2 aromatic heterocycles. The number of alkyl halides is 3. The van der Waals surface area contributed by atoms with Gasteiger partial charge >= 0.3 is 12.1 Å². The Morgan fingerprint density at radius 2 is 1.59 bits per heavy atom. The first-order valence-corrected chi connectivity index (χ1v) is 17.1. The number of hydrogen-bond donors (Lipinski definition) is 0. The lowest BCUT2D eigenvalue weighted by molar-refractivity contribution is -0.167. The van der Waals surface area contributed by atoms with Gasteiger partial charge in [0.25, 0.3) is 0 Å². The van der Waals surface area contributed by atoms with Gasteiger partial charge in [0, 0.05) is 32.0 Å². The molecule has 0 bridgehead atoms. The van der Waals surface area contributed by atoms with Crippen molar-refractivity contribution in [3.8, 4) is 28.5 Å². The van der Waals surface area contributed by atoms with Crippen LogP contribution in [-0.4, -0.2) is 52.4 Å². The second-order valence-corrected chi connectivity index (χ2v) is 18.4. The highest BCUT2D eigenvalue weighted by Crippen LogP contribution is 2.32. The third-order valence-electron chi connectivity index (χ3n) is 5.89. The molecule has 1 aromatic carbocycles. The Balaban J connectivity index is 1.70. The Morgan fingerprint density at radius 3 is 2.12 bits per heavy atom. The van der Waals surface area contributed by atoms with Crippen molar-refractivity contribution in [3.63, 3.8) is 0 Å². The molecule has 224 valence electrons. The zero-order valence-electron chi connectivity index (χ0n) is 24.9. The smallest absolute Gasteiger partial charge is 0.434 e. The SMILES string of the molecule is CC(C)(C)OC(=O)C(C)(C)COc1cnc(-c2ccc(-c3nc(C(F)(F)F)cn3COCC[Si](C)(C)C)cc2)cn1. The molecule has 0 atom stereocenters. The van der Waals surface area contributed by atoms with Crippen LogP contribution in [0.4, 0.5) is 13.2 Å². The largest absolute Gasteiger partial charge is 0.475 e. The van der Waals surface area contributed by atoms with Gasteiger partial charge in [-0.25, -0.2) is 15.0 Å². The lowest BCUT2D eigenvalue weighted by atomic mass is 9.95. The summed E-state index contributed by atoms with van der Waals surface area (Å²) in [6.45, 7) is 16.0. The Hall–Kier alpha value is -3.25. The standard InChI is InChI=1S/C29H39F3N4O4Si/c1-27(2,3)40-26(37)28(4,5)18-39-24-16-33-22(15-34-24)20-9-11-21(12-10-20)25-35-23(29(30,31)32)17-36(25)19-38-13-14-41(6,7)8/h9-12,15-17H,13-14,18-19H2,1-8H3. The quantitative estimate of drug-likeness (QED) is 0.133. The molecule has 0 radical (unpaired) electrons. The Morgan fingerprint density at radius 1 is 0.951 bits per heavy atom. The summed E-state index contributed by atoms with van der Waals surface area (Å²) in [7, 11) is -1.33. The summed E-state index contributed by atoms with van der Waals surface area (Å²) in [5.41, 5.74) is -0.698. The van der Waals surface area contributed by atoms with Crippen molar-refractivity contribution in [2.24, 2.45) is 5.41 Å². The average Bonchev–Trinajstić information content (AvgIpc) is 3.29. The van der Waals surface area contributed by atoms with Gasteiger partial charge in [-0.2, -0.15) is 13.2 Å². The van der Waals surface area contributed by atoms with Gasteiger partial charge in [0.05, 0.1) is 23.5 Å². The van der Waals surface area contributed by atoms with Crippen LogP contribution >= 0.6 is 0 Å². The van der Waals surface area contributed by atoms with Gasteiger partial charge in [0.15, 0.2) is 5.69 Å². The maximum absolute atomic E-state index is 13.4. The van der Waals surface area contributed by atoms with Gasteiger partial charge < -0.3 is 18.8 Å². The van der Waals surface area contributed by atoms with Crippen molar-refractivity contribution in [2.45, 2.75) is 78.8 Å². The third kappa shape index (κ3) is 9.67. The fourth-order valence-electron chi connectivity index (χ4n) is 3.48. The van der Waals surface area contributed by atoms with E-state index in [1.54, 1.807) is 58.9 Å². The number of imidazole rings is 1. The molecule has 3 aromatic rings. The molecule has 0 saturated heterocycles. The molecule has 0 fully saturated rings. The van der Waals surface area contributed by atoms with Crippen molar-refractivity contribution in [1.82, 2.24) is 19.5 Å². The predicted molar refractivity (Wildman–Crippen MR) is 153 cm³/mol. The van der Waals surface area contributed by atoms with Crippen LogP contribution in [0.2, 0.25) is 25.7 Å². The molecule has 3 rings (SSSR count). The van der Waals surface area contributed by atoms with E-state index in [9.17, 15) is 18.0 Å². The zero-order chi connectivity index (χ0) is 30.6. The van der Waals surface area contributed by atoms with Crippen LogP contribution in [0.1, 0.15) is 40.3 Å². The highest BCUT2D eigenvalue weighted by molar-refractivity contribution is 6.76. The molecule has 41 heavy (non-hydrogen) atoms. The fraction of sp³-hybridized carbons (Fsp3) is 0.517. The highest BCUT2D eigenvalue weighted by Gasteiger charge is 2.35. The summed E-state index contributed by atoms with van der Waals surface area (Å²) < 4.78 is 58.5. The van der Waals surface area contributed by atoms with Gasteiger partial charge in [0.2, 0.25) is 5.88 Å². The van der Waals surface area contributed by atoms with E-state index in [1.165, 1.54) is 17.0 Å². The van der Waals surface area contributed by atoms with Gasteiger partial charge in [-0.15, -0.1) is 0 Å². The van der Waals surface area contributed by atoms with Crippen molar-refractivity contribution in [2.75, 3.05) is 13.2 Å². The molecular formula is C29H39F3N4O4Si. The normalized spacial score (nSPS) is 12.9. The molecule has 0 amide bonds. The van der Waals surface area contributed by atoms with Crippen LogP contribution in [0, 0.1) is 5.41 Å². The number of esters is 1. The molecule has 0 saturated carbocycles. The monoisotopic (exact) mass is 592 g/mol. The van der Waals surface area contributed by atoms with Crippen LogP contribution in [-0.2, 0) is 27.2 Å². The molecule has 0 N–H and O–H groups in total. The summed E-state index contributed by atoms with van der Waals surface area (Å²) in [6, 6.07) is 7.76. The number of nitrogens with zero attached hydrogens (tertiary/aromatic N) is 4. The van der Waals surface area contributed by atoms with E-state index in [1.807, 2.05) is 0 Å². The minimum atomic E-state index is -4.57. The lowest BCUT2D eigenvalue weighted by Gasteiger charge is -2.28. The van der Waals surface area contributed by atoms with Crippen LogP contribution in [0.3, 0.4) is 0 Å².